The molecule has 5 heteroatoms. The Morgan fingerprint density at radius 2 is 1.08 bits per heavy atom. The minimum Gasteiger partial charge on any atom is -0.405 e. The molecule has 0 saturated carbocycles. The van der Waals surface area contributed by atoms with Crippen molar-refractivity contribution in [2.45, 2.75) is 6.54 Å². The van der Waals surface area contributed by atoms with E-state index in [0.717, 1.165) is 5.56 Å². The van der Waals surface area contributed by atoms with Crippen molar-refractivity contribution in [2.24, 2.45) is 0 Å². The van der Waals surface area contributed by atoms with Crippen LogP contribution in [-0.4, -0.2) is 0 Å². The van der Waals surface area contributed by atoms with Crippen LogP contribution in [0, 0.1) is 0 Å². The molecule has 0 heterocycles. The van der Waals surface area contributed by atoms with Gasteiger partial charge in [-0.05, 0) is 29.8 Å². The molecule has 0 radical (unpaired) electrons. The first kappa shape index (κ1) is 16.3. The van der Waals surface area contributed by atoms with Gasteiger partial charge in [-0.3, -0.25) is 0 Å². The van der Waals surface area contributed by atoms with Gasteiger partial charge in [0.05, 0.1) is 0 Å². The van der Waals surface area contributed by atoms with E-state index >= 15 is 0 Å². The maximum Gasteiger partial charge on any atom is 0.513 e. The normalized spacial score (nSPS) is 11.0. The van der Waals surface area contributed by atoms with E-state index in [-0.39, 0.29) is 0 Å². The van der Waals surface area contributed by atoms with E-state index in [0.29, 0.717) is 18.0 Å². The van der Waals surface area contributed by atoms with Crippen LogP contribution in [0.1, 0.15) is 5.56 Å². The van der Waals surface area contributed by atoms with Gasteiger partial charge in [-0.1, -0.05) is 66.7 Å². The Hall–Kier alpha value is -2.55. The van der Waals surface area contributed by atoms with E-state index < -0.39 is 7.75 Å². The van der Waals surface area contributed by atoms with Gasteiger partial charge in [-0.2, -0.15) is 5.09 Å². The topological polar surface area (TPSA) is 47.6 Å². The molecule has 3 rings (SSSR count). The predicted octanol–water partition coefficient (Wildman–Crippen LogP) is 5.04. The number of para-hydroxylation sites is 2. The molecule has 0 aromatic heterocycles. The molecule has 1 N–H and O–H groups in total. The quantitative estimate of drug-likeness (QED) is 0.613. The Kier molecular flexibility index (Phi) is 5.32. The van der Waals surface area contributed by atoms with E-state index in [1.165, 1.54) is 0 Å². The highest BCUT2D eigenvalue weighted by Gasteiger charge is 2.28. The van der Waals surface area contributed by atoms with E-state index in [2.05, 4.69) is 5.09 Å². The molecule has 3 aromatic carbocycles. The summed E-state index contributed by atoms with van der Waals surface area (Å²) < 4.78 is 24.5. The van der Waals surface area contributed by atoms with Gasteiger partial charge in [-0.25, -0.2) is 4.57 Å². The molecule has 0 amide bonds. The van der Waals surface area contributed by atoms with Crippen molar-refractivity contribution in [3.05, 3.63) is 96.6 Å². The van der Waals surface area contributed by atoms with Crippen molar-refractivity contribution < 1.29 is 13.6 Å². The van der Waals surface area contributed by atoms with Crippen LogP contribution >= 0.6 is 7.75 Å². The van der Waals surface area contributed by atoms with Crippen LogP contribution in [0.5, 0.6) is 11.5 Å². The van der Waals surface area contributed by atoms with Crippen molar-refractivity contribution in [1.29, 1.82) is 0 Å². The van der Waals surface area contributed by atoms with Crippen LogP contribution in [0.15, 0.2) is 91.0 Å². The summed E-state index contributed by atoms with van der Waals surface area (Å²) in [5, 5.41) is 2.92. The van der Waals surface area contributed by atoms with Gasteiger partial charge in [-0.15, -0.1) is 0 Å². The lowest BCUT2D eigenvalue weighted by atomic mass is 10.2. The molecule has 4 nitrogen and oxygen atoms in total. The highest BCUT2D eigenvalue weighted by atomic mass is 31.2. The molecule has 0 atom stereocenters. The fraction of sp³-hybridized carbons (Fsp3) is 0.0526. The Labute approximate surface area is 141 Å². The van der Waals surface area contributed by atoms with E-state index in [4.69, 9.17) is 9.05 Å². The number of benzene rings is 3. The van der Waals surface area contributed by atoms with Crippen molar-refractivity contribution >= 4 is 7.75 Å². The average molecular weight is 339 g/mol. The summed E-state index contributed by atoms with van der Waals surface area (Å²) in [6.45, 7) is 0.373. The Balaban J connectivity index is 1.78. The van der Waals surface area contributed by atoms with Crippen molar-refractivity contribution in [3.63, 3.8) is 0 Å². The van der Waals surface area contributed by atoms with Gasteiger partial charge < -0.3 is 9.05 Å². The predicted molar refractivity (Wildman–Crippen MR) is 95.0 cm³/mol. The first-order valence-corrected chi connectivity index (χ1v) is 9.16. The molecule has 0 saturated heterocycles. The van der Waals surface area contributed by atoms with Gasteiger partial charge in [0.1, 0.15) is 11.5 Å². The Morgan fingerprint density at radius 3 is 1.54 bits per heavy atom. The Bertz CT molecular complexity index is 749. The third-order valence-corrected chi connectivity index (χ3v) is 4.71. The summed E-state index contributed by atoms with van der Waals surface area (Å²) in [5.74, 6) is 0.967. The molecule has 0 fully saturated rings. The lowest BCUT2D eigenvalue weighted by molar-refractivity contribution is 0.370. The zero-order valence-corrected chi connectivity index (χ0v) is 13.9. The highest BCUT2D eigenvalue weighted by molar-refractivity contribution is 7.52. The zero-order valence-electron chi connectivity index (χ0n) is 13.0. The average Bonchev–Trinajstić information content (AvgIpc) is 2.63. The molecule has 24 heavy (non-hydrogen) atoms. The first-order chi connectivity index (χ1) is 11.7. The molecule has 0 unspecified atom stereocenters. The second-order valence-corrected chi connectivity index (χ2v) is 6.80. The third kappa shape index (κ3) is 4.72. The minimum absolute atomic E-state index is 0.373. The lowest BCUT2D eigenvalue weighted by Crippen LogP contribution is -2.18. The Morgan fingerprint density at radius 1 is 0.667 bits per heavy atom. The van der Waals surface area contributed by atoms with E-state index in [9.17, 15) is 4.57 Å². The maximum atomic E-state index is 13.2. The van der Waals surface area contributed by atoms with Gasteiger partial charge in [0.25, 0.3) is 0 Å². The number of rotatable bonds is 7. The van der Waals surface area contributed by atoms with Crippen LogP contribution in [0.2, 0.25) is 0 Å². The fourth-order valence-electron chi connectivity index (χ4n) is 2.11. The van der Waals surface area contributed by atoms with Crippen LogP contribution in [0.25, 0.3) is 0 Å². The van der Waals surface area contributed by atoms with Crippen LogP contribution in [0.4, 0.5) is 0 Å². The van der Waals surface area contributed by atoms with Crippen molar-refractivity contribution in [2.75, 3.05) is 0 Å². The van der Waals surface area contributed by atoms with Gasteiger partial charge >= 0.3 is 7.75 Å². The molecule has 0 aliphatic carbocycles. The van der Waals surface area contributed by atoms with Gasteiger partial charge in [0, 0.05) is 6.54 Å². The number of hydrogen-bond acceptors (Lipinski definition) is 3. The summed E-state index contributed by atoms with van der Waals surface area (Å²) >= 11 is 0. The molecular weight excluding hydrogens is 321 g/mol. The first-order valence-electron chi connectivity index (χ1n) is 7.62. The molecule has 0 bridgehead atoms. The van der Waals surface area contributed by atoms with Crippen LogP contribution in [-0.2, 0) is 11.1 Å². The summed E-state index contributed by atoms with van der Waals surface area (Å²) in [5.41, 5.74) is 0.992. The van der Waals surface area contributed by atoms with Crippen molar-refractivity contribution in [1.82, 2.24) is 5.09 Å². The standard InChI is InChI=1S/C19H18NO3P/c21-24(22-18-12-6-2-7-13-18,23-19-14-8-3-9-15-19)20-16-17-10-4-1-5-11-17/h1-15H,16H2,(H,20,21). The highest BCUT2D eigenvalue weighted by Crippen LogP contribution is 2.44. The molecular formula is C19H18NO3P. The number of hydrogen-bond donors (Lipinski definition) is 1. The van der Waals surface area contributed by atoms with E-state index in [1.54, 1.807) is 24.3 Å². The van der Waals surface area contributed by atoms with Gasteiger partial charge in [0.15, 0.2) is 0 Å². The molecule has 3 aromatic rings. The minimum atomic E-state index is -3.58. The second-order valence-electron chi connectivity index (χ2n) is 5.13. The second kappa shape index (κ2) is 7.82. The summed E-state index contributed by atoms with van der Waals surface area (Å²) in [7, 11) is -3.58. The van der Waals surface area contributed by atoms with Crippen LogP contribution in [0.3, 0.4) is 0 Å². The number of nitrogens with one attached hydrogen (secondary N) is 1. The monoisotopic (exact) mass is 339 g/mol. The van der Waals surface area contributed by atoms with Gasteiger partial charge in [0.2, 0.25) is 0 Å². The molecule has 0 spiro atoms. The zero-order chi connectivity index (χ0) is 16.7. The SMILES string of the molecule is O=P(NCc1ccccc1)(Oc1ccccc1)Oc1ccccc1. The maximum absolute atomic E-state index is 13.2. The summed E-state index contributed by atoms with van der Waals surface area (Å²) in [4.78, 5) is 0. The fourth-order valence-corrected chi connectivity index (χ4v) is 3.45. The lowest BCUT2D eigenvalue weighted by Gasteiger charge is -2.20. The molecule has 0 aliphatic rings. The smallest absolute Gasteiger partial charge is 0.405 e. The third-order valence-electron chi connectivity index (χ3n) is 3.26. The van der Waals surface area contributed by atoms with Crippen LogP contribution < -0.4 is 14.1 Å². The van der Waals surface area contributed by atoms with E-state index in [1.807, 2.05) is 66.7 Å². The molecule has 0 aliphatic heterocycles. The summed E-state index contributed by atoms with van der Waals surface area (Å²) in [6.07, 6.45) is 0. The largest absolute Gasteiger partial charge is 0.513 e. The summed E-state index contributed by atoms with van der Waals surface area (Å²) in [6, 6.07) is 27.7. The van der Waals surface area contributed by atoms with Crippen molar-refractivity contribution in [3.8, 4) is 11.5 Å². The molecule has 122 valence electrons.